The van der Waals surface area contributed by atoms with Crippen molar-refractivity contribution >= 4 is 5.65 Å². The van der Waals surface area contributed by atoms with Crippen molar-refractivity contribution in [2.45, 2.75) is 26.2 Å². The molecule has 0 bridgehead atoms. The fourth-order valence-corrected chi connectivity index (χ4v) is 2.31. The van der Waals surface area contributed by atoms with Crippen molar-refractivity contribution in [3.63, 3.8) is 0 Å². The number of benzene rings is 1. The normalized spacial score (nSPS) is 11.1. The smallest absolute Gasteiger partial charge is 0.177 e. The molecule has 3 rings (SSSR count). The van der Waals surface area contributed by atoms with Crippen molar-refractivity contribution in [2.75, 3.05) is 6.54 Å². The Kier molecular flexibility index (Phi) is 3.92. The molecule has 108 valence electrons. The average molecular weight is 281 g/mol. The molecule has 2 N–H and O–H groups in total. The average Bonchev–Trinajstić information content (AvgIpc) is 2.95. The first-order valence-corrected chi connectivity index (χ1v) is 7.32. The van der Waals surface area contributed by atoms with Gasteiger partial charge in [0.05, 0.1) is 5.69 Å². The zero-order valence-corrected chi connectivity index (χ0v) is 12.2. The molecular formula is C16H19N5. The van der Waals surface area contributed by atoms with Crippen LogP contribution in [0.25, 0.3) is 16.9 Å². The number of nitrogens with zero attached hydrogens (tertiary/aromatic N) is 4. The quantitative estimate of drug-likeness (QED) is 0.778. The third-order valence-electron chi connectivity index (χ3n) is 3.59. The lowest BCUT2D eigenvalue weighted by Gasteiger charge is -2.04. The molecule has 2 heterocycles. The van der Waals surface area contributed by atoms with E-state index in [0.717, 1.165) is 42.0 Å². The molecule has 0 aliphatic carbocycles. The van der Waals surface area contributed by atoms with Crippen LogP contribution in [-0.4, -0.2) is 26.4 Å². The van der Waals surface area contributed by atoms with Crippen molar-refractivity contribution in [3.05, 3.63) is 47.8 Å². The summed E-state index contributed by atoms with van der Waals surface area (Å²) in [5.74, 6) is 0.863. The molecule has 0 atom stereocenters. The second-order valence-electron chi connectivity index (χ2n) is 5.05. The zero-order valence-electron chi connectivity index (χ0n) is 12.2. The Bertz CT molecular complexity index is 730. The van der Waals surface area contributed by atoms with E-state index in [1.54, 1.807) is 0 Å². The summed E-state index contributed by atoms with van der Waals surface area (Å²) in [6.07, 6.45) is 2.72. The second kappa shape index (κ2) is 6.01. The number of rotatable bonds is 5. The number of hydrogen-bond acceptors (Lipinski definition) is 4. The minimum Gasteiger partial charge on any atom is -0.330 e. The van der Waals surface area contributed by atoms with Gasteiger partial charge in [0.15, 0.2) is 11.5 Å². The Labute approximate surface area is 123 Å². The molecule has 3 aromatic rings. The molecule has 0 unspecified atom stereocenters. The Morgan fingerprint density at radius 2 is 1.86 bits per heavy atom. The molecule has 5 nitrogen and oxygen atoms in total. The van der Waals surface area contributed by atoms with Gasteiger partial charge < -0.3 is 5.73 Å². The van der Waals surface area contributed by atoms with Gasteiger partial charge in [-0.25, -0.2) is 0 Å². The van der Waals surface area contributed by atoms with Crippen LogP contribution in [-0.2, 0) is 12.8 Å². The molecule has 0 radical (unpaired) electrons. The van der Waals surface area contributed by atoms with Crippen molar-refractivity contribution in [1.82, 2.24) is 19.8 Å². The maximum Gasteiger partial charge on any atom is 0.177 e. The van der Waals surface area contributed by atoms with E-state index in [4.69, 9.17) is 5.73 Å². The molecule has 0 spiro atoms. The maximum absolute atomic E-state index is 5.56. The number of hydrogen-bond donors (Lipinski definition) is 1. The fourth-order valence-electron chi connectivity index (χ4n) is 2.31. The van der Waals surface area contributed by atoms with Gasteiger partial charge in [0.25, 0.3) is 0 Å². The van der Waals surface area contributed by atoms with Crippen LogP contribution in [0.3, 0.4) is 0 Å². The molecule has 0 aliphatic heterocycles. The van der Waals surface area contributed by atoms with E-state index < -0.39 is 0 Å². The summed E-state index contributed by atoms with van der Waals surface area (Å²) < 4.78 is 1.82. The molecule has 0 fully saturated rings. The van der Waals surface area contributed by atoms with E-state index in [1.165, 1.54) is 5.56 Å². The molecule has 0 aliphatic rings. The Morgan fingerprint density at radius 3 is 2.57 bits per heavy atom. The van der Waals surface area contributed by atoms with Crippen LogP contribution < -0.4 is 5.73 Å². The van der Waals surface area contributed by atoms with E-state index in [2.05, 4.69) is 46.5 Å². The van der Waals surface area contributed by atoms with Crippen molar-refractivity contribution in [2.24, 2.45) is 5.73 Å². The van der Waals surface area contributed by atoms with Crippen LogP contribution >= 0.6 is 0 Å². The van der Waals surface area contributed by atoms with Gasteiger partial charge in [-0.15, -0.1) is 10.2 Å². The number of fused-ring (bicyclic) bond motifs is 1. The van der Waals surface area contributed by atoms with Crippen LogP contribution in [0.2, 0.25) is 0 Å². The summed E-state index contributed by atoms with van der Waals surface area (Å²) >= 11 is 0. The number of aromatic nitrogens is 4. The Morgan fingerprint density at radius 1 is 1.05 bits per heavy atom. The Balaban J connectivity index is 1.98. The first-order valence-electron chi connectivity index (χ1n) is 7.32. The second-order valence-corrected chi connectivity index (χ2v) is 5.05. The van der Waals surface area contributed by atoms with Gasteiger partial charge in [-0.1, -0.05) is 31.2 Å². The number of aryl methyl sites for hydroxylation is 2. The van der Waals surface area contributed by atoms with E-state index in [-0.39, 0.29) is 0 Å². The SMILES string of the molecule is CCc1ccc(-c2ccc3nnc(CCCN)n3n2)cc1. The highest BCUT2D eigenvalue weighted by Crippen LogP contribution is 2.18. The molecule has 1 aromatic carbocycles. The van der Waals surface area contributed by atoms with Crippen molar-refractivity contribution < 1.29 is 0 Å². The lowest BCUT2D eigenvalue weighted by molar-refractivity contribution is 0.740. The summed E-state index contributed by atoms with van der Waals surface area (Å²) in [7, 11) is 0. The molecule has 0 amide bonds. The summed E-state index contributed by atoms with van der Waals surface area (Å²) in [5, 5.41) is 13.0. The summed E-state index contributed by atoms with van der Waals surface area (Å²) in [4.78, 5) is 0. The molecule has 2 aromatic heterocycles. The lowest BCUT2D eigenvalue weighted by Crippen LogP contribution is -2.05. The molecule has 21 heavy (non-hydrogen) atoms. The summed E-state index contributed by atoms with van der Waals surface area (Å²) in [5.41, 5.74) is 9.69. The van der Waals surface area contributed by atoms with Crippen molar-refractivity contribution in [3.8, 4) is 11.3 Å². The molecule has 0 saturated heterocycles. The standard InChI is InChI=1S/C16H19N5/c1-2-12-5-7-13(8-6-12)14-9-10-16-19-18-15(4-3-11-17)21(16)20-14/h5-10H,2-4,11,17H2,1H3. The van der Waals surface area contributed by atoms with E-state index >= 15 is 0 Å². The largest absolute Gasteiger partial charge is 0.330 e. The van der Waals surface area contributed by atoms with Gasteiger partial charge >= 0.3 is 0 Å². The van der Waals surface area contributed by atoms with Gasteiger partial charge in [0, 0.05) is 12.0 Å². The minimum atomic E-state index is 0.646. The third kappa shape index (κ3) is 2.78. The topological polar surface area (TPSA) is 69.1 Å². The monoisotopic (exact) mass is 281 g/mol. The highest BCUT2D eigenvalue weighted by Gasteiger charge is 2.08. The third-order valence-corrected chi connectivity index (χ3v) is 3.59. The van der Waals surface area contributed by atoms with E-state index in [1.807, 2.05) is 16.6 Å². The molecule has 5 heteroatoms. The summed E-state index contributed by atoms with van der Waals surface area (Å²) in [6.45, 7) is 2.80. The van der Waals surface area contributed by atoms with E-state index in [0.29, 0.717) is 6.54 Å². The van der Waals surface area contributed by atoms with Crippen LogP contribution in [0.4, 0.5) is 0 Å². The molecular weight excluding hydrogens is 262 g/mol. The predicted octanol–water partition coefficient (Wildman–Crippen LogP) is 2.25. The summed E-state index contributed by atoms with van der Waals surface area (Å²) in [6, 6.07) is 12.4. The van der Waals surface area contributed by atoms with Gasteiger partial charge in [-0.2, -0.15) is 9.61 Å². The zero-order chi connectivity index (χ0) is 14.7. The predicted molar refractivity (Wildman–Crippen MR) is 83.0 cm³/mol. The van der Waals surface area contributed by atoms with E-state index in [9.17, 15) is 0 Å². The first kappa shape index (κ1) is 13.7. The maximum atomic E-state index is 5.56. The lowest BCUT2D eigenvalue weighted by atomic mass is 10.1. The van der Waals surface area contributed by atoms with Gasteiger partial charge in [-0.3, -0.25) is 0 Å². The van der Waals surface area contributed by atoms with Crippen LogP contribution in [0.15, 0.2) is 36.4 Å². The molecule has 0 saturated carbocycles. The Hall–Kier alpha value is -2.27. The van der Waals surface area contributed by atoms with Crippen LogP contribution in [0.1, 0.15) is 24.7 Å². The van der Waals surface area contributed by atoms with Gasteiger partial charge in [-0.05, 0) is 37.1 Å². The van der Waals surface area contributed by atoms with Crippen molar-refractivity contribution in [1.29, 1.82) is 0 Å². The minimum absolute atomic E-state index is 0.646. The van der Waals surface area contributed by atoms with Crippen LogP contribution in [0.5, 0.6) is 0 Å². The highest BCUT2D eigenvalue weighted by atomic mass is 15.4. The first-order chi connectivity index (χ1) is 10.3. The highest BCUT2D eigenvalue weighted by molar-refractivity contribution is 5.60. The number of nitrogens with two attached hydrogens (primary N) is 1. The fraction of sp³-hybridized carbons (Fsp3) is 0.312. The van der Waals surface area contributed by atoms with Gasteiger partial charge in [0.2, 0.25) is 0 Å². The van der Waals surface area contributed by atoms with Crippen LogP contribution in [0, 0.1) is 0 Å². The van der Waals surface area contributed by atoms with Gasteiger partial charge in [0.1, 0.15) is 0 Å².